The fourth-order valence-electron chi connectivity index (χ4n) is 1.79. The predicted octanol–water partition coefficient (Wildman–Crippen LogP) is -2.06. The van der Waals surface area contributed by atoms with Gasteiger partial charge in [0, 0.05) is 6.00 Å². The number of ether oxygens (including phenoxy) is 1. The molecule has 0 saturated carbocycles. The number of aromatic amines is 1. The molecule has 1 aliphatic rings. The summed E-state index contributed by atoms with van der Waals surface area (Å²) in [4.78, 5) is 65.5. The summed E-state index contributed by atoms with van der Waals surface area (Å²) in [5.41, 5.74) is -1.72. The van der Waals surface area contributed by atoms with E-state index in [-0.39, 0.29) is 0 Å². The molecule has 0 bridgehead atoms. The number of H-pyrrole nitrogens is 1. The molecule has 1 aromatic rings. The third kappa shape index (κ3) is 7.89. The van der Waals surface area contributed by atoms with Crippen LogP contribution in [-0.4, -0.2) is 62.2 Å². The highest BCUT2D eigenvalue weighted by molar-refractivity contribution is 7.67. The van der Waals surface area contributed by atoms with Crippen LogP contribution in [0, 0.1) is 5.82 Å². The van der Waals surface area contributed by atoms with Crippen molar-refractivity contribution < 1.29 is 42.4 Å². The van der Waals surface area contributed by atoms with E-state index in [2.05, 4.69) is 8.83 Å². The van der Waals surface area contributed by atoms with Crippen LogP contribution in [-0.2, 0) is 13.6 Å². The highest BCUT2D eigenvalue weighted by Crippen LogP contribution is 2.66. The van der Waals surface area contributed by atoms with Crippen LogP contribution < -0.4 is 11.2 Å². The molecule has 0 spiro atoms. The lowest BCUT2D eigenvalue weighted by Crippen LogP contribution is -2.33. The maximum Gasteiger partial charge on any atom is 0.619 e. The molecule has 4 radical (unpaired) electrons. The molecule has 2 heterocycles. The van der Waals surface area contributed by atoms with Gasteiger partial charge in [-0.2, -0.15) is 33.4 Å². The lowest BCUT2D eigenvalue weighted by molar-refractivity contribution is 0.0332. The largest absolute Gasteiger partial charge is 0.619 e. The highest BCUT2D eigenvalue weighted by atomic mass is 31.3. The van der Waals surface area contributed by atoms with Gasteiger partial charge in [0.1, 0.15) is 21.9 Å². The number of hydrogen-bond acceptors (Lipinski definition) is 10. The molecular formula is C9H15B2FN2O10P2+2. The van der Waals surface area contributed by atoms with E-state index >= 15 is 0 Å². The average Bonchev–Trinajstić information content (AvgIpc) is 2.87. The average molecular weight is 414 g/mol. The third-order valence-corrected chi connectivity index (χ3v) is 4.94. The van der Waals surface area contributed by atoms with Crippen molar-refractivity contribution in [1.82, 2.24) is 9.55 Å². The zero-order valence-electron chi connectivity index (χ0n) is 13.0. The van der Waals surface area contributed by atoms with Crippen LogP contribution in [0.1, 0.15) is 19.1 Å². The molecule has 0 amide bonds. The molecule has 6 N–H and O–H groups in total. The lowest BCUT2D eigenvalue weighted by Gasteiger charge is -2.13. The minimum absolute atomic E-state index is 0.447. The van der Waals surface area contributed by atoms with Gasteiger partial charge in [-0.25, -0.2) is 4.79 Å². The van der Waals surface area contributed by atoms with E-state index in [1.807, 2.05) is 4.98 Å². The van der Waals surface area contributed by atoms with Crippen molar-refractivity contribution in [2.24, 2.45) is 0 Å². The van der Waals surface area contributed by atoms with Gasteiger partial charge in [0.05, 0.1) is 17.0 Å². The Morgan fingerprint density at radius 2 is 1.92 bits per heavy atom. The molecule has 142 valence electrons. The maximum absolute atomic E-state index is 12.9. The number of halogens is 1. The SMILES string of the molecule is [B]CO[P+](O)(O)O[P+](O)(O)O.[B][C@@H]1CCC(n2cc(F)c(=O)[nH]c2=O)O1. The van der Waals surface area contributed by atoms with Crippen molar-refractivity contribution >= 4 is 32.0 Å². The lowest BCUT2D eigenvalue weighted by atomic mass is 9.98. The summed E-state index contributed by atoms with van der Waals surface area (Å²) in [5, 5.41) is 0. The van der Waals surface area contributed by atoms with E-state index in [0.29, 0.717) is 12.8 Å². The Balaban J connectivity index is 0.000000276. The van der Waals surface area contributed by atoms with Crippen LogP contribution in [0.3, 0.4) is 0 Å². The van der Waals surface area contributed by atoms with Gasteiger partial charge >= 0.3 is 22.0 Å². The topological polar surface area (TPSA) is 184 Å². The van der Waals surface area contributed by atoms with Crippen LogP contribution in [0.2, 0.25) is 0 Å². The van der Waals surface area contributed by atoms with Crippen molar-refractivity contribution in [2.75, 3.05) is 6.51 Å². The van der Waals surface area contributed by atoms with Crippen molar-refractivity contribution in [3.63, 3.8) is 0 Å². The van der Waals surface area contributed by atoms with Crippen LogP contribution in [0.15, 0.2) is 15.8 Å². The molecular weight excluding hydrogens is 399 g/mol. The fourth-order valence-corrected chi connectivity index (χ4v) is 3.31. The predicted molar refractivity (Wildman–Crippen MR) is 87.9 cm³/mol. The molecule has 17 heteroatoms. The number of nitrogens with one attached hydrogen (secondary N) is 1. The van der Waals surface area contributed by atoms with Crippen LogP contribution in [0.5, 0.6) is 0 Å². The summed E-state index contributed by atoms with van der Waals surface area (Å²) in [7, 11) is 1.10. The Morgan fingerprint density at radius 1 is 1.31 bits per heavy atom. The zero-order chi connectivity index (χ0) is 20.1. The van der Waals surface area contributed by atoms with Gasteiger partial charge in [-0.3, -0.25) is 14.3 Å². The quantitative estimate of drug-likeness (QED) is 0.232. The number of rotatable bonds is 5. The van der Waals surface area contributed by atoms with Crippen LogP contribution in [0.25, 0.3) is 0 Å². The van der Waals surface area contributed by atoms with Gasteiger partial charge in [-0.1, -0.05) is 0 Å². The van der Waals surface area contributed by atoms with E-state index in [9.17, 15) is 14.0 Å². The monoisotopic (exact) mass is 414 g/mol. The van der Waals surface area contributed by atoms with Gasteiger partial charge in [0.2, 0.25) is 5.82 Å². The summed E-state index contributed by atoms with van der Waals surface area (Å²) in [6, 6.07) is -0.447. The van der Waals surface area contributed by atoms with E-state index in [1.165, 1.54) is 0 Å². The van der Waals surface area contributed by atoms with Gasteiger partial charge < -0.3 is 4.74 Å². The summed E-state index contributed by atoms with van der Waals surface area (Å²) < 4.78 is 26.6. The number of nitrogens with zero attached hydrogens (tertiary/aromatic N) is 1. The van der Waals surface area contributed by atoms with Gasteiger partial charge in [-0.05, 0) is 12.8 Å². The van der Waals surface area contributed by atoms with Crippen molar-refractivity contribution in [1.29, 1.82) is 0 Å². The number of hydrogen-bond donors (Lipinski definition) is 6. The number of aromatic nitrogens is 2. The molecule has 26 heavy (non-hydrogen) atoms. The Hall–Kier alpha value is -0.720. The standard InChI is InChI=1S/C8H8BFN2O3.CH7BO7P2/c9-5-1-2-6(15-5)12-3-4(10)7(13)11-8(12)14;2-1-8-11(6,7)9-10(3,4)5/h3,5-6H,1-2H2,(H,11,13,14);3-7H,1H2/q;+2/t5-,6?;/m0./s1. The molecule has 2 rings (SSSR count). The van der Waals surface area contributed by atoms with Crippen molar-refractivity contribution in [3.05, 3.63) is 32.9 Å². The highest BCUT2D eigenvalue weighted by Gasteiger charge is 2.57. The summed E-state index contributed by atoms with van der Waals surface area (Å²) in [6.45, 7) is -0.583. The normalized spacial score (nSPS) is 20.5. The van der Waals surface area contributed by atoms with Crippen molar-refractivity contribution in [3.8, 4) is 0 Å². The molecule has 2 atom stereocenters. The molecule has 1 aliphatic heterocycles. The second kappa shape index (κ2) is 9.47. The summed E-state index contributed by atoms with van der Waals surface area (Å²) in [6.07, 6.45) is 1.35. The molecule has 1 saturated heterocycles. The molecule has 1 unspecified atom stereocenters. The third-order valence-electron chi connectivity index (χ3n) is 2.72. The first kappa shape index (κ1) is 23.3. The Bertz CT molecular complexity index is 711. The smallest absolute Gasteiger partial charge is 0.364 e. The zero-order valence-corrected chi connectivity index (χ0v) is 14.8. The van der Waals surface area contributed by atoms with Crippen LogP contribution in [0.4, 0.5) is 4.39 Å². The van der Waals surface area contributed by atoms with Crippen molar-refractivity contribution in [2.45, 2.75) is 25.1 Å². The molecule has 1 fully saturated rings. The second-order valence-electron chi connectivity index (χ2n) is 4.73. The molecule has 0 aliphatic carbocycles. The Labute approximate surface area is 149 Å². The van der Waals surface area contributed by atoms with E-state index in [0.717, 1.165) is 10.8 Å². The summed E-state index contributed by atoms with van der Waals surface area (Å²) >= 11 is 0. The van der Waals surface area contributed by atoms with Gasteiger partial charge in [0.25, 0.3) is 5.56 Å². The first-order valence-electron chi connectivity index (χ1n) is 6.74. The molecule has 12 nitrogen and oxygen atoms in total. The minimum Gasteiger partial charge on any atom is -0.364 e. The Kier molecular flexibility index (Phi) is 8.49. The second-order valence-corrected chi connectivity index (χ2v) is 7.65. The van der Waals surface area contributed by atoms with E-state index < -0.39 is 52.1 Å². The fraction of sp³-hybridized carbons (Fsp3) is 0.556. The Morgan fingerprint density at radius 3 is 2.38 bits per heavy atom. The van der Waals surface area contributed by atoms with E-state index in [1.54, 1.807) is 0 Å². The maximum atomic E-state index is 12.9. The molecule has 0 aromatic carbocycles. The first-order chi connectivity index (χ1) is 11.8. The molecule has 1 aromatic heterocycles. The van der Waals surface area contributed by atoms with Crippen LogP contribution >= 0.6 is 16.3 Å². The minimum atomic E-state index is -4.70. The van der Waals surface area contributed by atoms with E-state index in [4.69, 9.17) is 44.9 Å². The summed E-state index contributed by atoms with van der Waals surface area (Å²) in [5.74, 6) is -1.02. The first-order valence-corrected chi connectivity index (χ1v) is 9.84. The van der Waals surface area contributed by atoms with Gasteiger partial charge in [-0.15, -0.1) is 0 Å². The van der Waals surface area contributed by atoms with Gasteiger partial charge in [0.15, 0.2) is 0 Å².